The van der Waals surface area contributed by atoms with Crippen LogP contribution >= 0.6 is 11.3 Å². The summed E-state index contributed by atoms with van der Waals surface area (Å²) in [6.07, 6.45) is 6.09. The number of piperidine rings is 1. The average Bonchev–Trinajstić information content (AvgIpc) is 2.66. The van der Waals surface area contributed by atoms with E-state index in [4.69, 9.17) is 4.98 Å². The number of thiazole rings is 1. The van der Waals surface area contributed by atoms with Crippen molar-refractivity contribution in [3.8, 4) is 0 Å². The molecule has 0 amide bonds. The summed E-state index contributed by atoms with van der Waals surface area (Å²) in [5, 5.41) is 8.96. The first-order valence-electron chi connectivity index (χ1n) is 8.26. The molecule has 1 fully saturated rings. The zero-order valence-corrected chi connectivity index (χ0v) is 14.9. The molecule has 2 N–H and O–H groups in total. The van der Waals surface area contributed by atoms with Gasteiger partial charge in [-0.15, -0.1) is 11.3 Å². The molecule has 0 spiro atoms. The normalized spacial score (nSPS) is 28.3. The lowest BCUT2D eigenvalue weighted by Crippen LogP contribution is -2.61. The lowest BCUT2D eigenvalue weighted by Gasteiger charge is -2.47. The van der Waals surface area contributed by atoms with Crippen molar-refractivity contribution < 1.29 is 0 Å². The average molecular weight is 308 g/mol. The standard InChI is InChI=1S/C17H29N3S/c1-11-18-13-7-6-8-14(15(13)21-11)19-12-9-16(2,3)20-17(4,5)10-12/h12,14,19-20H,6-10H2,1-5H3/t14-/m1/s1. The van der Waals surface area contributed by atoms with Crippen LogP contribution in [0.3, 0.4) is 0 Å². The third-order valence-electron chi connectivity index (χ3n) is 4.68. The van der Waals surface area contributed by atoms with Crippen molar-refractivity contribution in [1.29, 1.82) is 0 Å². The fourth-order valence-electron chi connectivity index (χ4n) is 4.43. The molecule has 4 heteroatoms. The number of nitrogens with zero attached hydrogens (tertiary/aromatic N) is 1. The molecule has 1 aliphatic carbocycles. The maximum atomic E-state index is 4.72. The van der Waals surface area contributed by atoms with E-state index in [-0.39, 0.29) is 11.1 Å². The highest BCUT2D eigenvalue weighted by atomic mass is 32.1. The van der Waals surface area contributed by atoms with E-state index in [0.29, 0.717) is 12.1 Å². The van der Waals surface area contributed by atoms with Gasteiger partial charge in [-0.25, -0.2) is 4.98 Å². The fourth-order valence-corrected chi connectivity index (χ4v) is 5.49. The number of aromatic nitrogens is 1. The van der Waals surface area contributed by atoms with Crippen LogP contribution < -0.4 is 10.6 Å². The first-order valence-corrected chi connectivity index (χ1v) is 9.07. The van der Waals surface area contributed by atoms with Crippen molar-refractivity contribution in [1.82, 2.24) is 15.6 Å². The summed E-state index contributed by atoms with van der Waals surface area (Å²) in [5.41, 5.74) is 1.77. The number of hydrogen-bond donors (Lipinski definition) is 2. The lowest BCUT2D eigenvalue weighted by molar-refractivity contribution is 0.138. The van der Waals surface area contributed by atoms with Crippen LogP contribution in [0.25, 0.3) is 0 Å². The van der Waals surface area contributed by atoms with E-state index in [1.54, 1.807) is 0 Å². The largest absolute Gasteiger partial charge is 0.307 e. The highest BCUT2D eigenvalue weighted by Gasteiger charge is 2.39. The van der Waals surface area contributed by atoms with Crippen molar-refractivity contribution >= 4 is 11.3 Å². The quantitative estimate of drug-likeness (QED) is 0.874. The van der Waals surface area contributed by atoms with E-state index in [1.165, 1.54) is 47.7 Å². The van der Waals surface area contributed by atoms with Gasteiger partial charge < -0.3 is 10.6 Å². The van der Waals surface area contributed by atoms with Crippen molar-refractivity contribution in [3.63, 3.8) is 0 Å². The van der Waals surface area contributed by atoms with E-state index in [1.807, 2.05) is 11.3 Å². The maximum Gasteiger partial charge on any atom is 0.0900 e. The molecular formula is C17H29N3S. The molecule has 3 rings (SSSR count). The Morgan fingerprint density at radius 3 is 2.52 bits per heavy atom. The molecule has 1 aromatic heterocycles. The zero-order chi connectivity index (χ0) is 15.3. The molecule has 0 unspecified atom stereocenters. The summed E-state index contributed by atoms with van der Waals surface area (Å²) in [6, 6.07) is 1.12. The highest BCUT2D eigenvalue weighted by molar-refractivity contribution is 7.11. The molecule has 21 heavy (non-hydrogen) atoms. The smallest absolute Gasteiger partial charge is 0.0900 e. The van der Waals surface area contributed by atoms with Crippen LogP contribution in [0.2, 0.25) is 0 Å². The van der Waals surface area contributed by atoms with Crippen LogP contribution in [0.4, 0.5) is 0 Å². The first-order chi connectivity index (χ1) is 9.74. The SMILES string of the molecule is Cc1nc2c(s1)[C@H](NC1CC(C)(C)NC(C)(C)C1)CCC2. The molecule has 0 radical (unpaired) electrons. The summed E-state index contributed by atoms with van der Waals surface area (Å²) in [5.74, 6) is 0. The predicted octanol–water partition coefficient (Wildman–Crippen LogP) is 3.73. The number of rotatable bonds is 2. The second kappa shape index (κ2) is 5.32. The van der Waals surface area contributed by atoms with Crippen LogP contribution in [0.5, 0.6) is 0 Å². The molecule has 118 valence electrons. The third-order valence-corrected chi connectivity index (χ3v) is 5.81. The number of aryl methyl sites for hydroxylation is 2. The molecule has 0 aromatic carbocycles. The van der Waals surface area contributed by atoms with E-state index < -0.39 is 0 Å². The van der Waals surface area contributed by atoms with Gasteiger partial charge in [-0.3, -0.25) is 0 Å². The van der Waals surface area contributed by atoms with Gasteiger partial charge in [0.2, 0.25) is 0 Å². The Hall–Kier alpha value is -0.450. The van der Waals surface area contributed by atoms with E-state index >= 15 is 0 Å². The van der Waals surface area contributed by atoms with Crippen molar-refractivity contribution in [2.24, 2.45) is 0 Å². The minimum absolute atomic E-state index is 0.209. The molecule has 3 nitrogen and oxygen atoms in total. The first kappa shape index (κ1) is 15.4. The van der Waals surface area contributed by atoms with Gasteiger partial charge in [-0.1, -0.05) is 0 Å². The van der Waals surface area contributed by atoms with E-state index in [2.05, 4.69) is 45.3 Å². The van der Waals surface area contributed by atoms with E-state index in [9.17, 15) is 0 Å². The monoisotopic (exact) mass is 307 g/mol. The third kappa shape index (κ3) is 3.49. The van der Waals surface area contributed by atoms with E-state index in [0.717, 1.165) is 0 Å². The molecule has 2 aliphatic rings. The zero-order valence-electron chi connectivity index (χ0n) is 14.0. The Morgan fingerprint density at radius 2 is 1.86 bits per heavy atom. The summed E-state index contributed by atoms with van der Waals surface area (Å²) >= 11 is 1.90. The van der Waals surface area contributed by atoms with Crippen molar-refractivity contribution in [2.45, 2.75) is 89.9 Å². The van der Waals surface area contributed by atoms with Gasteiger partial charge in [-0.2, -0.15) is 0 Å². The lowest BCUT2D eigenvalue weighted by atomic mass is 9.79. The number of hydrogen-bond acceptors (Lipinski definition) is 4. The van der Waals surface area contributed by atoms with Gasteiger partial charge in [0, 0.05) is 28.0 Å². The van der Waals surface area contributed by atoms with Crippen LogP contribution in [-0.2, 0) is 6.42 Å². The van der Waals surface area contributed by atoms with Gasteiger partial charge in [-0.05, 0) is 66.7 Å². The summed E-state index contributed by atoms with van der Waals surface area (Å²) in [7, 11) is 0. The second-order valence-electron chi connectivity index (χ2n) is 8.15. The van der Waals surface area contributed by atoms with Gasteiger partial charge in [0.15, 0.2) is 0 Å². The molecular weight excluding hydrogens is 278 g/mol. The molecule has 1 aromatic rings. The van der Waals surface area contributed by atoms with Crippen LogP contribution in [-0.4, -0.2) is 22.1 Å². The van der Waals surface area contributed by atoms with Crippen molar-refractivity contribution in [2.75, 3.05) is 0 Å². The van der Waals surface area contributed by atoms with Gasteiger partial charge in [0.1, 0.15) is 0 Å². The molecule has 2 heterocycles. The Kier molecular flexibility index (Phi) is 3.92. The minimum atomic E-state index is 0.209. The highest BCUT2D eigenvalue weighted by Crippen LogP contribution is 2.36. The summed E-state index contributed by atoms with van der Waals surface area (Å²) in [4.78, 5) is 6.23. The van der Waals surface area contributed by atoms with Crippen LogP contribution in [0.1, 0.15) is 75.0 Å². The van der Waals surface area contributed by atoms with Crippen molar-refractivity contribution in [3.05, 3.63) is 15.6 Å². The Balaban J connectivity index is 1.75. The van der Waals surface area contributed by atoms with Gasteiger partial charge in [0.05, 0.1) is 10.7 Å². The molecule has 1 aliphatic heterocycles. The van der Waals surface area contributed by atoms with Gasteiger partial charge >= 0.3 is 0 Å². The Labute approximate surface area is 132 Å². The molecule has 1 atom stereocenters. The van der Waals surface area contributed by atoms with Gasteiger partial charge in [0.25, 0.3) is 0 Å². The number of nitrogens with one attached hydrogen (secondary N) is 2. The molecule has 0 saturated carbocycles. The maximum absolute atomic E-state index is 4.72. The topological polar surface area (TPSA) is 37.0 Å². The van der Waals surface area contributed by atoms with Crippen LogP contribution in [0, 0.1) is 6.92 Å². The molecule has 0 bridgehead atoms. The predicted molar refractivity (Wildman–Crippen MR) is 90.0 cm³/mol. The minimum Gasteiger partial charge on any atom is -0.307 e. The summed E-state index contributed by atoms with van der Waals surface area (Å²) < 4.78 is 0. The Morgan fingerprint density at radius 1 is 1.19 bits per heavy atom. The Bertz CT molecular complexity index is 502. The molecule has 1 saturated heterocycles. The number of fused-ring (bicyclic) bond motifs is 1. The summed E-state index contributed by atoms with van der Waals surface area (Å²) in [6.45, 7) is 11.4. The second-order valence-corrected chi connectivity index (χ2v) is 9.39. The fraction of sp³-hybridized carbons (Fsp3) is 0.824. The van der Waals surface area contributed by atoms with Crippen LogP contribution in [0.15, 0.2) is 0 Å².